The molecule has 4 rings (SSSR count). The number of anilines is 1. The minimum atomic E-state index is -0.682. The van der Waals surface area contributed by atoms with Crippen LogP contribution in [-0.2, 0) is 14.3 Å². The lowest BCUT2D eigenvalue weighted by Gasteiger charge is -2.36. The van der Waals surface area contributed by atoms with E-state index in [2.05, 4.69) is 22.0 Å². The number of ketones is 1. The van der Waals surface area contributed by atoms with E-state index in [4.69, 9.17) is 4.74 Å². The summed E-state index contributed by atoms with van der Waals surface area (Å²) in [6, 6.07) is 6.45. The number of ether oxygens (including phenoxy) is 1. The van der Waals surface area contributed by atoms with Gasteiger partial charge in [0.25, 0.3) is 5.91 Å². The molecule has 3 heterocycles. The summed E-state index contributed by atoms with van der Waals surface area (Å²) in [6.07, 6.45) is 1.67. The summed E-state index contributed by atoms with van der Waals surface area (Å²) in [5.74, 6) is -0.460. The maximum atomic E-state index is 13.6. The van der Waals surface area contributed by atoms with E-state index in [0.29, 0.717) is 12.1 Å². The number of rotatable bonds is 8. The molecule has 0 saturated carbocycles. The summed E-state index contributed by atoms with van der Waals surface area (Å²) < 4.78 is 5.64. The third-order valence-corrected chi connectivity index (χ3v) is 7.90. The molecule has 5 atom stereocenters. The van der Waals surface area contributed by atoms with E-state index in [0.717, 1.165) is 44.8 Å². The number of fused-ring (bicyclic) bond motifs is 1. The Morgan fingerprint density at radius 3 is 2.43 bits per heavy atom. The minimum Gasteiger partial charge on any atom is -0.369 e. The fraction of sp³-hybridized carbons (Fsp3) is 0.667. The van der Waals surface area contributed by atoms with E-state index in [9.17, 15) is 14.4 Å². The zero-order valence-corrected chi connectivity index (χ0v) is 21.5. The van der Waals surface area contributed by atoms with Gasteiger partial charge in [-0.3, -0.25) is 19.3 Å². The monoisotopic (exact) mass is 484 g/mol. The molecule has 0 spiro atoms. The first kappa shape index (κ1) is 25.6. The SMILES string of the molecule is CCCN1CCN(c2ccc(C(=O)N[C@H](C(=O)N3C[C@H](C)[C@H]4OCC(=O)[C@H]43)[C@@H](C)CC)cc2)CC1. The van der Waals surface area contributed by atoms with Crippen LogP contribution in [0.1, 0.15) is 50.9 Å². The molecule has 8 heteroatoms. The van der Waals surface area contributed by atoms with Gasteiger partial charge in [0.15, 0.2) is 5.78 Å². The van der Waals surface area contributed by atoms with Crippen LogP contribution in [0.25, 0.3) is 0 Å². The second kappa shape index (κ2) is 11.1. The van der Waals surface area contributed by atoms with Crippen molar-refractivity contribution in [3.63, 3.8) is 0 Å². The molecule has 3 saturated heterocycles. The van der Waals surface area contributed by atoms with Gasteiger partial charge < -0.3 is 19.9 Å². The number of hydrogen-bond acceptors (Lipinski definition) is 6. The number of piperazine rings is 1. The van der Waals surface area contributed by atoms with Crippen LogP contribution in [0.15, 0.2) is 24.3 Å². The summed E-state index contributed by atoms with van der Waals surface area (Å²) in [4.78, 5) is 45.6. The highest BCUT2D eigenvalue weighted by molar-refractivity contribution is 5.99. The number of carbonyl (C=O) groups is 3. The molecule has 3 fully saturated rings. The van der Waals surface area contributed by atoms with Gasteiger partial charge in [-0.25, -0.2) is 0 Å². The zero-order valence-electron chi connectivity index (χ0n) is 21.5. The highest BCUT2D eigenvalue weighted by Crippen LogP contribution is 2.32. The predicted octanol–water partition coefficient (Wildman–Crippen LogP) is 2.18. The van der Waals surface area contributed by atoms with E-state index in [1.807, 2.05) is 45.0 Å². The first-order valence-corrected chi connectivity index (χ1v) is 13.2. The third-order valence-electron chi connectivity index (χ3n) is 7.90. The maximum Gasteiger partial charge on any atom is 0.251 e. The van der Waals surface area contributed by atoms with E-state index < -0.39 is 12.1 Å². The summed E-state index contributed by atoms with van der Waals surface area (Å²) >= 11 is 0. The number of benzene rings is 1. The minimum absolute atomic E-state index is 0.0481. The Morgan fingerprint density at radius 1 is 1.11 bits per heavy atom. The molecular formula is C27H40N4O4. The average molecular weight is 485 g/mol. The molecule has 192 valence electrons. The molecular weight excluding hydrogens is 444 g/mol. The van der Waals surface area contributed by atoms with Crippen LogP contribution < -0.4 is 10.2 Å². The van der Waals surface area contributed by atoms with E-state index in [-0.39, 0.29) is 42.1 Å². The topological polar surface area (TPSA) is 82.2 Å². The Kier molecular flexibility index (Phi) is 8.12. The van der Waals surface area contributed by atoms with Crippen molar-refractivity contribution in [1.82, 2.24) is 15.1 Å². The van der Waals surface area contributed by atoms with Crippen molar-refractivity contribution in [3.05, 3.63) is 29.8 Å². The van der Waals surface area contributed by atoms with Gasteiger partial charge in [0.1, 0.15) is 18.7 Å². The molecule has 35 heavy (non-hydrogen) atoms. The molecule has 8 nitrogen and oxygen atoms in total. The smallest absolute Gasteiger partial charge is 0.251 e. The Bertz CT molecular complexity index is 912. The average Bonchev–Trinajstić information content (AvgIpc) is 3.42. The Balaban J connectivity index is 1.42. The van der Waals surface area contributed by atoms with Gasteiger partial charge in [-0.1, -0.05) is 34.1 Å². The number of nitrogens with one attached hydrogen (secondary N) is 1. The fourth-order valence-corrected chi connectivity index (χ4v) is 5.58. The summed E-state index contributed by atoms with van der Waals surface area (Å²) in [6.45, 7) is 13.9. The Hall–Kier alpha value is -2.45. The first-order valence-electron chi connectivity index (χ1n) is 13.2. The van der Waals surface area contributed by atoms with Crippen molar-refractivity contribution in [2.24, 2.45) is 11.8 Å². The van der Waals surface area contributed by atoms with E-state index in [1.165, 1.54) is 6.42 Å². The van der Waals surface area contributed by atoms with Crippen LogP contribution in [0.5, 0.6) is 0 Å². The lowest BCUT2D eigenvalue weighted by Crippen LogP contribution is -2.54. The zero-order chi connectivity index (χ0) is 25.1. The summed E-state index contributed by atoms with van der Waals surface area (Å²) in [7, 11) is 0. The van der Waals surface area contributed by atoms with Crippen molar-refractivity contribution in [3.8, 4) is 0 Å². The summed E-state index contributed by atoms with van der Waals surface area (Å²) in [5.41, 5.74) is 1.65. The largest absolute Gasteiger partial charge is 0.369 e. The number of carbonyl (C=O) groups excluding carboxylic acids is 3. The lowest BCUT2D eigenvalue weighted by atomic mass is 9.96. The quantitative estimate of drug-likeness (QED) is 0.609. The van der Waals surface area contributed by atoms with Crippen molar-refractivity contribution >= 4 is 23.3 Å². The number of hydrogen-bond donors (Lipinski definition) is 1. The molecule has 0 aliphatic carbocycles. The molecule has 2 amide bonds. The fourth-order valence-electron chi connectivity index (χ4n) is 5.58. The van der Waals surface area contributed by atoms with Gasteiger partial charge in [-0.05, 0) is 43.1 Å². The Labute approximate surface area is 209 Å². The molecule has 0 unspecified atom stereocenters. The van der Waals surface area contributed by atoms with Gasteiger partial charge in [-0.15, -0.1) is 0 Å². The highest BCUT2D eigenvalue weighted by atomic mass is 16.5. The van der Waals surface area contributed by atoms with E-state index in [1.54, 1.807) is 4.90 Å². The van der Waals surface area contributed by atoms with Gasteiger partial charge >= 0.3 is 0 Å². The molecule has 3 aliphatic heterocycles. The number of likely N-dealkylation sites (tertiary alicyclic amines) is 1. The third kappa shape index (κ3) is 5.38. The number of nitrogens with zero attached hydrogens (tertiary/aromatic N) is 3. The van der Waals surface area contributed by atoms with E-state index >= 15 is 0 Å². The van der Waals surface area contributed by atoms with Gasteiger partial charge in [-0.2, -0.15) is 0 Å². The second-order valence-electron chi connectivity index (χ2n) is 10.4. The number of Topliss-reactive ketones (excluding diaryl/α,β-unsaturated/α-hetero) is 1. The first-order chi connectivity index (χ1) is 16.8. The predicted molar refractivity (Wildman–Crippen MR) is 136 cm³/mol. The molecule has 0 aromatic heterocycles. The van der Waals surface area contributed by atoms with Crippen LogP contribution in [-0.4, -0.2) is 91.5 Å². The van der Waals surface area contributed by atoms with Crippen LogP contribution in [0.3, 0.4) is 0 Å². The lowest BCUT2D eigenvalue weighted by molar-refractivity contribution is -0.139. The normalized spacial score (nSPS) is 26.5. The number of amides is 2. The maximum absolute atomic E-state index is 13.6. The Morgan fingerprint density at radius 2 is 1.80 bits per heavy atom. The molecule has 1 aromatic rings. The highest BCUT2D eigenvalue weighted by Gasteiger charge is 2.51. The molecule has 1 aromatic carbocycles. The van der Waals surface area contributed by atoms with Crippen molar-refractivity contribution < 1.29 is 19.1 Å². The molecule has 0 radical (unpaired) electrons. The van der Waals surface area contributed by atoms with Crippen molar-refractivity contribution in [1.29, 1.82) is 0 Å². The molecule has 3 aliphatic rings. The van der Waals surface area contributed by atoms with Crippen LogP contribution in [0, 0.1) is 11.8 Å². The van der Waals surface area contributed by atoms with Gasteiger partial charge in [0.05, 0.1) is 6.10 Å². The van der Waals surface area contributed by atoms with Gasteiger partial charge in [0, 0.05) is 49.9 Å². The van der Waals surface area contributed by atoms with Crippen LogP contribution >= 0.6 is 0 Å². The van der Waals surface area contributed by atoms with Gasteiger partial charge in [0.2, 0.25) is 5.91 Å². The molecule has 1 N–H and O–H groups in total. The van der Waals surface area contributed by atoms with Crippen molar-refractivity contribution in [2.45, 2.75) is 58.7 Å². The standard InChI is InChI=1S/C27H40N4O4/c1-5-11-29-12-14-30(15-13-29)21-9-7-20(8-10-21)26(33)28-23(18(3)6-2)27(34)31-16-19(4)25-24(31)22(32)17-35-25/h7-10,18-19,23-25H,5-6,11-17H2,1-4H3,(H,28,33)/t18-,19-,23-,24+,25+/m0/s1. The van der Waals surface area contributed by atoms with Crippen molar-refractivity contribution in [2.75, 3.05) is 50.8 Å². The second-order valence-corrected chi connectivity index (χ2v) is 10.4. The summed E-state index contributed by atoms with van der Waals surface area (Å²) in [5, 5.41) is 2.99. The van der Waals surface area contributed by atoms with Crippen LogP contribution in [0.2, 0.25) is 0 Å². The van der Waals surface area contributed by atoms with Crippen LogP contribution in [0.4, 0.5) is 5.69 Å². The molecule has 0 bridgehead atoms.